The van der Waals surface area contributed by atoms with Crippen molar-refractivity contribution >= 4 is 79.2 Å². The number of fused-ring (bicyclic) bond motifs is 11. The highest BCUT2D eigenvalue weighted by Gasteiger charge is 2.51. The zero-order valence-electron chi connectivity index (χ0n) is 50.9. The molecule has 0 radical (unpaired) electrons. The normalized spacial score (nSPS) is 21.6. The van der Waals surface area contributed by atoms with Gasteiger partial charge in [-0.05, 0) is 234 Å². The van der Waals surface area contributed by atoms with Crippen molar-refractivity contribution in [2.75, 3.05) is 9.80 Å². The Balaban J connectivity index is 1.15. The van der Waals surface area contributed by atoms with Crippen LogP contribution in [0.25, 0.3) is 32.9 Å². The Morgan fingerprint density at radius 3 is 1.44 bits per heavy atom. The van der Waals surface area contributed by atoms with Gasteiger partial charge in [0.1, 0.15) is 5.58 Å². The van der Waals surface area contributed by atoms with Crippen LogP contribution in [0.2, 0.25) is 0 Å². The van der Waals surface area contributed by atoms with Crippen molar-refractivity contribution in [3.8, 4) is 11.1 Å². The van der Waals surface area contributed by atoms with E-state index < -0.39 is 0 Å². The summed E-state index contributed by atoms with van der Waals surface area (Å²) in [7, 11) is 0. The largest absolute Gasteiger partial charge is 0.468 e. The molecule has 3 heterocycles. The second-order valence-corrected chi connectivity index (χ2v) is 31.2. The summed E-state index contributed by atoms with van der Waals surface area (Å²) in [6.07, 6.45) is 9.25. The molecule has 6 aliphatic rings. The molecule has 0 unspecified atom stereocenters. The fraction of sp³-hybridized carbons (Fsp3) is 0.440. The molecule has 0 atom stereocenters. The van der Waals surface area contributed by atoms with Gasteiger partial charge in [-0.1, -0.05) is 165 Å². The third-order valence-corrected chi connectivity index (χ3v) is 22.1. The minimum atomic E-state index is -0.151. The molecule has 0 saturated heterocycles. The predicted octanol–water partition coefficient (Wildman–Crippen LogP) is 19.0. The second-order valence-electron chi connectivity index (χ2n) is 31.2. The van der Waals surface area contributed by atoms with Crippen LogP contribution in [0, 0.1) is 6.92 Å². The topological polar surface area (TPSA) is 19.6 Å². The van der Waals surface area contributed by atoms with E-state index in [1.165, 1.54) is 129 Å². The fourth-order valence-electron chi connectivity index (χ4n) is 16.4. The lowest BCUT2D eigenvalue weighted by Crippen LogP contribution is -2.61. The zero-order chi connectivity index (χ0) is 55.7. The Kier molecular flexibility index (Phi) is 10.5. The fourth-order valence-corrected chi connectivity index (χ4v) is 16.4. The number of aryl methyl sites for hydroxylation is 1. The Morgan fingerprint density at radius 1 is 0.380 bits per heavy atom. The third kappa shape index (κ3) is 7.29. The maximum absolute atomic E-state index is 7.88. The van der Waals surface area contributed by atoms with Gasteiger partial charge in [0.05, 0.1) is 17.0 Å². The van der Waals surface area contributed by atoms with Gasteiger partial charge in [0.2, 0.25) is 0 Å². The van der Waals surface area contributed by atoms with E-state index in [0.717, 1.165) is 56.2 Å². The molecule has 2 aliphatic heterocycles. The van der Waals surface area contributed by atoms with Crippen LogP contribution in [0.3, 0.4) is 0 Å². The lowest BCUT2D eigenvalue weighted by atomic mass is 9.35. The van der Waals surface area contributed by atoms with Gasteiger partial charge in [0.15, 0.2) is 0 Å². The molecular formula is C75H85BN2O. The molecule has 0 bridgehead atoms. The van der Waals surface area contributed by atoms with Crippen LogP contribution in [0.15, 0.2) is 114 Å². The molecule has 14 rings (SSSR count). The average Bonchev–Trinajstić information content (AvgIpc) is 2.76. The number of benzene rings is 7. The first kappa shape index (κ1) is 51.2. The van der Waals surface area contributed by atoms with Gasteiger partial charge >= 0.3 is 0 Å². The van der Waals surface area contributed by atoms with Gasteiger partial charge in [-0.3, -0.25) is 0 Å². The highest BCUT2D eigenvalue weighted by Crippen LogP contribution is 2.58. The van der Waals surface area contributed by atoms with Crippen LogP contribution in [-0.2, 0) is 43.3 Å². The SMILES string of the molecule is Cc1cc2c3c(c1)N(c1ccc4c(c1)C(C)(C)CCC4(C)C)c1c(oc4cc5c(cc14)C(C)(C)CCC5(C)C)B3c1cc3c(cc1N2c1cc2c(cc1-c1cccc4ccccc14)C(C)(C)CCC2(C)C)C(C)(C)CCC3(C)C. The van der Waals surface area contributed by atoms with Crippen molar-refractivity contribution in [3.05, 3.63) is 159 Å². The Bertz CT molecular complexity index is 3950. The lowest BCUT2D eigenvalue weighted by Gasteiger charge is -2.48. The molecule has 1 aromatic heterocycles. The molecule has 404 valence electrons. The summed E-state index contributed by atoms with van der Waals surface area (Å²) in [6, 6.07) is 44.5. The van der Waals surface area contributed by atoms with Crippen molar-refractivity contribution < 1.29 is 4.42 Å². The minimum Gasteiger partial charge on any atom is -0.468 e. The van der Waals surface area contributed by atoms with E-state index in [4.69, 9.17) is 4.42 Å². The molecule has 4 aliphatic carbocycles. The van der Waals surface area contributed by atoms with Crippen molar-refractivity contribution in [2.45, 2.75) is 212 Å². The standard InChI is InChI=1S/C75H85BN2O/c1-44-35-62-65-63(36-44)78(60-41-56-53(70(6,7)29-32-73(56,12)13)38-49(60)48-24-20-22-45-21-18-19-23-47(45)48)61-42-57-55(72(10,11)31-33-74(57,14)15)40-59(61)76(65)67-66(50-39-54-58(43-64(50)79-67)75(16,17)34-30-71(54,8)9)77(62)46-25-26-51-52(37-46)69(4,5)28-27-68(51,2)3/h18-26,35-43H,27-34H2,1-17H3. The van der Waals surface area contributed by atoms with Crippen molar-refractivity contribution in [2.24, 2.45) is 0 Å². The first-order chi connectivity index (χ1) is 37.0. The van der Waals surface area contributed by atoms with Crippen LogP contribution < -0.4 is 26.4 Å². The number of hydrogen-bond acceptors (Lipinski definition) is 3. The van der Waals surface area contributed by atoms with Gasteiger partial charge in [-0.25, -0.2) is 0 Å². The number of hydrogen-bond donors (Lipinski definition) is 0. The van der Waals surface area contributed by atoms with E-state index in [9.17, 15) is 0 Å². The molecule has 7 aromatic carbocycles. The van der Waals surface area contributed by atoms with Gasteiger partial charge in [-0.2, -0.15) is 0 Å². The van der Waals surface area contributed by atoms with Gasteiger partial charge in [0.25, 0.3) is 6.71 Å². The summed E-state index contributed by atoms with van der Waals surface area (Å²) < 4.78 is 7.88. The molecule has 0 spiro atoms. The molecule has 3 nitrogen and oxygen atoms in total. The summed E-state index contributed by atoms with van der Waals surface area (Å²) in [6.45, 7) is 41.9. The van der Waals surface area contributed by atoms with Crippen LogP contribution in [0.1, 0.15) is 212 Å². The summed E-state index contributed by atoms with van der Waals surface area (Å²) >= 11 is 0. The second kappa shape index (κ2) is 16.1. The molecule has 4 heteroatoms. The lowest BCUT2D eigenvalue weighted by molar-refractivity contribution is 0.332. The van der Waals surface area contributed by atoms with Crippen molar-refractivity contribution in [1.82, 2.24) is 0 Å². The van der Waals surface area contributed by atoms with Gasteiger partial charge < -0.3 is 14.2 Å². The van der Waals surface area contributed by atoms with Crippen LogP contribution in [-0.4, -0.2) is 6.71 Å². The molecule has 79 heavy (non-hydrogen) atoms. The molecule has 0 amide bonds. The smallest absolute Gasteiger partial charge is 0.297 e. The monoisotopic (exact) mass is 1040 g/mol. The first-order valence-electron chi connectivity index (χ1n) is 30.4. The van der Waals surface area contributed by atoms with Crippen molar-refractivity contribution in [3.63, 3.8) is 0 Å². The Morgan fingerprint density at radius 2 is 0.848 bits per heavy atom. The molecular weight excluding hydrogens is 956 g/mol. The van der Waals surface area contributed by atoms with E-state index in [1.54, 1.807) is 0 Å². The molecule has 8 aromatic rings. The maximum atomic E-state index is 7.88. The number of anilines is 6. The Hall–Kier alpha value is -6.00. The van der Waals surface area contributed by atoms with E-state index in [0.29, 0.717) is 0 Å². The number of rotatable bonds is 3. The van der Waals surface area contributed by atoms with Crippen molar-refractivity contribution in [1.29, 1.82) is 0 Å². The summed E-state index contributed by atoms with van der Waals surface area (Å²) in [5.74, 6) is 0. The quantitative estimate of drug-likeness (QED) is 0.164. The highest BCUT2D eigenvalue weighted by molar-refractivity contribution is 7.00. The third-order valence-electron chi connectivity index (χ3n) is 22.1. The summed E-state index contributed by atoms with van der Waals surface area (Å²) in [5.41, 5.74) is 28.1. The highest BCUT2D eigenvalue weighted by atomic mass is 16.3. The van der Waals surface area contributed by atoms with Gasteiger partial charge in [-0.15, -0.1) is 0 Å². The molecule has 0 fully saturated rings. The summed E-state index contributed by atoms with van der Waals surface area (Å²) in [5, 5.41) is 3.79. The minimum absolute atomic E-state index is 0.00597. The first-order valence-corrected chi connectivity index (χ1v) is 30.4. The summed E-state index contributed by atoms with van der Waals surface area (Å²) in [4.78, 5) is 5.46. The predicted molar refractivity (Wildman–Crippen MR) is 339 cm³/mol. The number of nitrogens with zero attached hydrogens (tertiary/aromatic N) is 2. The van der Waals surface area contributed by atoms with Crippen LogP contribution in [0.4, 0.5) is 34.1 Å². The van der Waals surface area contributed by atoms with Crippen LogP contribution in [0.5, 0.6) is 0 Å². The number of furan rings is 1. The van der Waals surface area contributed by atoms with E-state index in [2.05, 4.69) is 237 Å². The maximum Gasteiger partial charge on any atom is 0.297 e. The van der Waals surface area contributed by atoms with Crippen LogP contribution >= 0.6 is 0 Å². The van der Waals surface area contributed by atoms with Gasteiger partial charge in [0, 0.05) is 33.7 Å². The average molecular weight is 1040 g/mol. The molecule has 0 saturated carbocycles. The van der Waals surface area contributed by atoms with E-state index >= 15 is 0 Å². The zero-order valence-corrected chi connectivity index (χ0v) is 50.9. The van der Waals surface area contributed by atoms with E-state index in [-0.39, 0.29) is 50.0 Å². The molecule has 0 N–H and O–H groups in total. The Labute approximate surface area is 473 Å². The van der Waals surface area contributed by atoms with E-state index in [1.807, 2.05) is 0 Å².